The van der Waals surface area contributed by atoms with E-state index in [9.17, 15) is 18.9 Å². The molecule has 0 amide bonds. The third-order valence-electron chi connectivity index (χ3n) is 2.41. The smallest absolute Gasteiger partial charge is 0.342 e. The van der Waals surface area contributed by atoms with Gasteiger partial charge >= 0.3 is 5.82 Å². The minimum absolute atomic E-state index is 0.0271. The molecule has 0 aliphatic carbocycles. The first-order chi connectivity index (χ1) is 9.06. The second kappa shape index (κ2) is 5.24. The van der Waals surface area contributed by atoms with Crippen LogP contribution in [0.1, 0.15) is 23.9 Å². The fourth-order valence-electron chi connectivity index (χ4n) is 1.64. The summed E-state index contributed by atoms with van der Waals surface area (Å²) in [4.78, 5) is 14.0. The van der Waals surface area contributed by atoms with Crippen molar-refractivity contribution >= 4 is 16.9 Å². The molecule has 0 aromatic carbocycles. The van der Waals surface area contributed by atoms with Crippen LogP contribution >= 0.6 is 0 Å². The highest BCUT2D eigenvalue weighted by atomic mass is 32.2. The fourth-order valence-corrected chi connectivity index (χ4v) is 2.29. The van der Waals surface area contributed by atoms with Crippen molar-refractivity contribution in [2.45, 2.75) is 18.7 Å². The average molecular weight is 287 g/mol. The summed E-state index contributed by atoms with van der Waals surface area (Å²) in [5.74, 6) is -0.372. The van der Waals surface area contributed by atoms with Crippen LogP contribution in [0, 0.1) is 10.1 Å². The molecule has 102 valence electrons. The van der Waals surface area contributed by atoms with E-state index in [-0.39, 0.29) is 24.1 Å². The van der Waals surface area contributed by atoms with Crippen LogP contribution in [0.4, 0.5) is 5.82 Å². The molecule has 0 aliphatic rings. The second-order valence-corrected chi connectivity index (χ2v) is 4.43. The Hall–Kier alpha value is -2.14. The highest BCUT2D eigenvalue weighted by Gasteiger charge is 2.35. The minimum atomic E-state index is -2.40. The Balaban J connectivity index is 2.55. The van der Waals surface area contributed by atoms with E-state index in [1.165, 1.54) is 4.57 Å². The lowest BCUT2D eigenvalue weighted by Gasteiger charge is -2.07. The van der Waals surface area contributed by atoms with Crippen molar-refractivity contribution in [2.75, 3.05) is 0 Å². The van der Waals surface area contributed by atoms with Gasteiger partial charge in [0.15, 0.2) is 11.1 Å². The number of imidazole rings is 1. The van der Waals surface area contributed by atoms with Gasteiger partial charge in [0, 0.05) is 0 Å². The minimum Gasteiger partial charge on any atom is -0.426 e. The third kappa shape index (κ3) is 2.37. The van der Waals surface area contributed by atoms with Crippen LogP contribution in [0.25, 0.3) is 0 Å². The number of nitro groups is 1. The van der Waals surface area contributed by atoms with Crippen LogP contribution in [-0.4, -0.2) is 33.4 Å². The van der Waals surface area contributed by atoms with Gasteiger partial charge in [-0.05, 0) is 11.8 Å². The summed E-state index contributed by atoms with van der Waals surface area (Å²) in [5, 5.41) is 16.6. The van der Waals surface area contributed by atoms with E-state index in [4.69, 9.17) is 4.42 Å². The van der Waals surface area contributed by atoms with Gasteiger partial charge in [0.25, 0.3) is 0 Å². The largest absolute Gasteiger partial charge is 0.426 e. The standard InChI is InChI=1S/C8H9N5O5S/c1-2-12-5(13(14)15)3-9-7(12)6(19(16)17)8-11-10-4-18-8/h3-4,6H,2H2,1H3,(H,16,17). The monoisotopic (exact) mass is 287 g/mol. The third-order valence-corrected chi connectivity index (χ3v) is 3.22. The Morgan fingerprint density at radius 1 is 1.68 bits per heavy atom. The molecular formula is C8H9N5O5S. The highest BCUT2D eigenvalue weighted by Crippen LogP contribution is 2.27. The molecule has 2 rings (SSSR count). The Morgan fingerprint density at radius 2 is 2.42 bits per heavy atom. The van der Waals surface area contributed by atoms with E-state index in [2.05, 4.69) is 15.2 Å². The van der Waals surface area contributed by atoms with Crippen molar-refractivity contribution in [1.82, 2.24) is 19.7 Å². The summed E-state index contributed by atoms with van der Waals surface area (Å²) < 4.78 is 26.8. The molecule has 0 aliphatic heterocycles. The van der Waals surface area contributed by atoms with Gasteiger partial charge in [-0.15, -0.1) is 10.2 Å². The van der Waals surface area contributed by atoms with Crippen LogP contribution in [-0.2, 0) is 17.6 Å². The lowest BCUT2D eigenvalue weighted by atomic mass is 10.4. The maximum absolute atomic E-state index is 11.4. The first kappa shape index (κ1) is 13.3. The van der Waals surface area contributed by atoms with E-state index in [0.717, 1.165) is 12.6 Å². The molecule has 2 unspecified atom stereocenters. The van der Waals surface area contributed by atoms with Crippen molar-refractivity contribution in [3.8, 4) is 0 Å². The van der Waals surface area contributed by atoms with Crippen molar-refractivity contribution in [1.29, 1.82) is 0 Å². The van der Waals surface area contributed by atoms with Gasteiger partial charge in [-0.1, -0.05) is 0 Å². The topological polar surface area (TPSA) is 137 Å². The fraction of sp³-hybridized carbons (Fsp3) is 0.375. The van der Waals surface area contributed by atoms with Gasteiger partial charge in [0.1, 0.15) is 6.20 Å². The van der Waals surface area contributed by atoms with E-state index >= 15 is 0 Å². The van der Waals surface area contributed by atoms with E-state index in [0.29, 0.717) is 0 Å². The van der Waals surface area contributed by atoms with E-state index in [1.54, 1.807) is 6.92 Å². The number of aromatic nitrogens is 4. The first-order valence-electron chi connectivity index (χ1n) is 5.11. The Morgan fingerprint density at radius 3 is 2.89 bits per heavy atom. The number of rotatable bonds is 5. The summed E-state index contributed by atoms with van der Waals surface area (Å²) in [6.07, 6.45) is 2.03. The normalized spacial score (nSPS) is 14.2. The molecule has 0 bridgehead atoms. The van der Waals surface area contributed by atoms with Crippen LogP contribution in [0.15, 0.2) is 17.0 Å². The molecule has 0 fully saturated rings. The average Bonchev–Trinajstić information content (AvgIpc) is 2.98. The summed E-state index contributed by atoms with van der Waals surface area (Å²) >= 11 is -2.40. The van der Waals surface area contributed by atoms with Gasteiger partial charge in [-0.25, -0.2) is 13.8 Å². The molecule has 19 heavy (non-hydrogen) atoms. The summed E-state index contributed by atoms with van der Waals surface area (Å²) in [6.45, 7) is 1.87. The van der Waals surface area contributed by atoms with Crippen LogP contribution in [0.2, 0.25) is 0 Å². The van der Waals surface area contributed by atoms with Gasteiger partial charge in [0.05, 0.1) is 6.54 Å². The molecule has 0 saturated carbocycles. The molecule has 11 heteroatoms. The number of hydrogen-bond acceptors (Lipinski definition) is 7. The Labute approximate surface area is 108 Å². The zero-order valence-corrected chi connectivity index (χ0v) is 10.5. The maximum atomic E-state index is 11.4. The van der Waals surface area contributed by atoms with Crippen LogP contribution in [0.5, 0.6) is 0 Å². The van der Waals surface area contributed by atoms with Crippen molar-refractivity contribution in [2.24, 2.45) is 0 Å². The molecule has 2 aromatic heterocycles. The lowest BCUT2D eigenvalue weighted by molar-refractivity contribution is -0.392. The molecule has 2 atom stereocenters. The van der Waals surface area contributed by atoms with Crippen molar-refractivity contribution < 1.29 is 18.1 Å². The summed E-state index contributed by atoms with van der Waals surface area (Å²) in [5.41, 5.74) is 0. The Kier molecular flexibility index (Phi) is 3.66. The van der Waals surface area contributed by atoms with Crippen LogP contribution < -0.4 is 0 Å². The number of nitrogens with zero attached hydrogens (tertiary/aromatic N) is 5. The summed E-state index contributed by atoms with van der Waals surface area (Å²) in [6, 6.07) is 0. The van der Waals surface area contributed by atoms with Gasteiger partial charge in [0.2, 0.25) is 23.4 Å². The van der Waals surface area contributed by atoms with Crippen LogP contribution in [0.3, 0.4) is 0 Å². The zero-order chi connectivity index (χ0) is 14.0. The molecule has 2 heterocycles. The molecular weight excluding hydrogens is 278 g/mol. The van der Waals surface area contributed by atoms with Gasteiger partial charge < -0.3 is 19.1 Å². The Bertz CT molecular complexity index is 609. The SMILES string of the molecule is CCn1c([N+](=O)[O-])cnc1C(c1nnco1)S(=O)O. The van der Waals surface area contributed by atoms with E-state index < -0.39 is 21.3 Å². The second-order valence-electron chi connectivity index (χ2n) is 3.41. The van der Waals surface area contributed by atoms with E-state index in [1.807, 2.05) is 0 Å². The van der Waals surface area contributed by atoms with Gasteiger partial charge in [-0.3, -0.25) is 0 Å². The molecule has 0 radical (unpaired) electrons. The predicted octanol–water partition coefficient (Wildman–Crippen LogP) is 0.505. The quantitative estimate of drug-likeness (QED) is 0.476. The predicted molar refractivity (Wildman–Crippen MR) is 61.5 cm³/mol. The van der Waals surface area contributed by atoms with Crippen molar-refractivity contribution in [3.05, 3.63) is 34.4 Å². The molecule has 0 spiro atoms. The zero-order valence-electron chi connectivity index (χ0n) is 9.66. The highest BCUT2D eigenvalue weighted by molar-refractivity contribution is 7.79. The van der Waals surface area contributed by atoms with Crippen molar-refractivity contribution in [3.63, 3.8) is 0 Å². The number of hydrogen-bond donors (Lipinski definition) is 1. The molecule has 1 N–H and O–H groups in total. The molecule has 0 saturated heterocycles. The maximum Gasteiger partial charge on any atom is 0.342 e. The molecule has 2 aromatic rings. The lowest BCUT2D eigenvalue weighted by Crippen LogP contribution is -2.15. The summed E-state index contributed by atoms with van der Waals surface area (Å²) in [7, 11) is 0. The molecule has 10 nitrogen and oxygen atoms in total. The first-order valence-corrected chi connectivity index (χ1v) is 6.28. The van der Waals surface area contributed by atoms with Gasteiger partial charge in [-0.2, -0.15) is 0 Å².